The Balaban J connectivity index is 2.32. The van der Waals surface area contributed by atoms with Crippen molar-refractivity contribution in [3.63, 3.8) is 0 Å². The van der Waals surface area contributed by atoms with Gasteiger partial charge in [0.2, 0.25) is 0 Å². The number of pyridine rings is 1. The van der Waals surface area contributed by atoms with E-state index >= 15 is 0 Å². The molecule has 2 aromatic heterocycles. The molecule has 0 aliphatic heterocycles. The van der Waals surface area contributed by atoms with Crippen molar-refractivity contribution in [2.24, 2.45) is 0 Å². The molecular weight excluding hydrogens is 327 g/mol. The molecular formula is C11H8F3N3O4S. The Morgan fingerprint density at radius 1 is 1.36 bits per heavy atom. The number of aromatic nitrogens is 2. The maximum Gasteiger partial charge on any atom is 0.433 e. The standard InChI is InChI=1S/C11H8F3N3O4S/c1-6-8(5-21-16-6)10(18)17-22(19,20)7-2-3-15-9(4-7)11(12,13)14/h2-5H,1H3,(H,17,18). The van der Waals surface area contributed by atoms with Crippen molar-refractivity contribution in [2.75, 3.05) is 0 Å². The van der Waals surface area contributed by atoms with Gasteiger partial charge in [-0.05, 0) is 19.1 Å². The summed E-state index contributed by atoms with van der Waals surface area (Å²) in [5.74, 6) is -1.07. The fourth-order valence-corrected chi connectivity index (χ4v) is 2.46. The third kappa shape index (κ3) is 3.24. The van der Waals surface area contributed by atoms with Gasteiger partial charge in [-0.1, -0.05) is 5.16 Å². The van der Waals surface area contributed by atoms with E-state index in [9.17, 15) is 26.4 Å². The zero-order chi connectivity index (χ0) is 16.5. The first-order chi connectivity index (χ1) is 10.1. The molecule has 11 heteroatoms. The molecule has 2 aromatic rings. The van der Waals surface area contributed by atoms with E-state index in [1.54, 1.807) is 4.72 Å². The van der Waals surface area contributed by atoms with Gasteiger partial charge in [-0.3, -0.25) is 9.78 Å². The normalized spacial score (nSPS) is 12.2. The van der Waals surface area contributed by atoms with Crippen LogP contribution in [-0.2, 0) is 16.2 Å². The van der Waals surface area contributed by atoms with Gasteiger partial charge in [0.15, 0.2) is 0 Å². The minimum absolute atomic E-state index is 0.137. The van der Waals surface area contributed by atoms with Gasteiger partial charge >= 0.3 is 6.18 Å². The second-order valence-electron chi connectivity index (χ2n) is 4.12. The molecule has 0 spiro atoms. The van der Waals surface area contributed by atoms with Gasteiger partial charge in [0.25, 0.3) is 15.9 Å². The van der Waals surface area contributed by atoms with E-state index in [4.69, 9.17) is 0 Å². The van der Waals surface area contributed by atoms with Gasteiger partial charge in [0.05, 0.1) is 10.6 Å². The largest absolute Gasteiger partial charge is 0.433 e. The van der Waals surface area contributed by atoms with Gasteiger partial charge in [-0.25, -0.2) is 13.1 Å². The fourth-order valence-electron chi connectivity index (χ4n) is 1.48. The first-order valence-electron chi connectivity index (χ1n) is 5.62. The van der Waals surface area contributed by atoms with Crippen LogP contribution in [0.5, 0.6) is 0 Å². The number of nitrogens with one attached hydrogen (secondary N) is 1. The van der Waals surface area contributed by atoms with E-state index in [0.717, 1.165) is 12.3 Å². The third-order valence-corrected chi connectivity index (χ3v) is 3.88. The molecule has 7 nitrogen and oxygen atoms in total. The number of amides is 1. The molecule has 0 saturated carbocycles. The lowest BCUT2D eigenvalue weighted by atomic mass is 10.3. The molecule has 0 aliphatic rings. The average Bonchev–Trinajstić information content (AvgIpc) is 2.84. The fraction of sp³-hybridized carbons (Fsp3) is 0.182. The number of nitrogens with zero attached hydrogens (tertiary/aromatic N) is 2. The Morgan fingerprint density at radius 2 is 2.05 bits per heavy atom. The number of hydrogen-bond acceptors (Lipinski definition) is 6. The second-order valence-corrected chi connectivity index (χ2v) is 5.81. The Hall–Kier alpha value is -2.43. The van der Waals surface area contributed by atoms with Crippen LogP contribution in [0.2, 0.25) is 0 Å². The van der Waals surface area contributed by atoms with E-state index in [1.165, 1.54) is 6.92 Å². The van der Waals surface area contributed by atoms with Crippen molar-refractivity contribution >= 4 is 15.9 Å². The van der Waals surface area contributed by atoms with Crippen LogP contribution < -0.4 is 4.72 Å². The average molecular weight is 335 g/mol. The maximum absolute atomic E-state index is 12.5. The highest BCUT2D eigenvalue weighted by Crippen LogP contribution is 2.28. The minimum atomic E-state index is -4.80. The molecule has 2 heterocycles. The molecule has 0 bridgehead atoms. The molecule has 1 amide bonds. The van der Waals surface area contributed by atoms with Crippen molar-refractivity contribution in [1.82, 2.24) is 14.9 Å². The SMILES string of the molecule is Cc1nocc1C(=O)NS(=O)(=O)c1ccnc(C(F)(F)F)c1. The van der Waals surface area contributed by atoms with E-state index in [2.05, 4.69) is 14.7 Å². The number of carbonyl (C=O) groups is 1. The zero-order valence-corrected chi connectivity index (χ0v) is 11.7. The van der Waals surface area contributed by atoms with Gasteiger partial charge in [-0.2, -0.15) is 13.2 Å². The van der Waals surface area contributed by atoms with Crippen molar-refractivity contribution in [1.29, 1.82) is 0 Å². The van der Waals surface area contributed by atoms with Gasteiger partial charge in [0, 0.05) is 6.20 Å². The molecule has 0 aliphatic carbocycles. The number of aryl methyl sites for hydroxylation is 1. The first-order valence-corrected chi connectivity index (χ1v) is 7.11. The number of halogens is 3. The monoisotopic (exact) mass is 335 g/mol. The molecule has 0 fully saturated rings. The molecule has 22 heavy (non-hydrogen) atoms. The number of alkyl halides is 3. The van der Waals surface area contributed by atoms with Crippen molar-refractivity contribution < 1.29 is 30.9 Å². The van der Waals surface area contributed by atoms with E-state index in [1.807, 2.05) is 0 Å². The summed E-state index contributed by atoms with van der Waals surface area (Å²) in [5, 5.41) is 3.40. The van der Waals surface area contributed by atoms with Gasteiger partial charge in [-0.15, -0.1) is 0 Å². The predicted molar refractivity (Wildman–Crippen MR) is 65.1 cm³/mol. The summed E-state index contributed by atoms with van der Waals surface area (Å²) in [4.78, 5) is 14.1. The third-order valence-electron chi connectivity index (χ3n) is 2.55. The highest BCUT2D eigenvalue weighted by Gasteiger charge is 2.34. The maximum atomic E-state index is 12.5. The topological polar surface area (TPSA) is 102 Å². The van der Waals surface area contributed by atoms with Crippen LogP contribution in [0.25, 0.3) is 0 Å². The van der Waals surface area contributed by atoms with Crippen LogP contribution in [0.15, 0.2) is 34.0 Å². The Bertz CT molecular complexity index is 814. The summed E-state index contributed by atoms with van der Waals surface area (Å²) in [7, 11) is -4.49. The molecule has 0 atom stereocenters. The number of carbonyl (C=O) groups excluding carboxylic acids is 1. The molecule has 118 valence electrons. The van der Waals surface area contributed by atoms with Crippen LogP contribution >= 0.6 is 0 Å². The van der Waals surface area contributed by atoms with Crippen LogP contribution in [0.4, 0.5) is 13.2 Å². The summed E-state index contributed by atoms with van der Waals surface area (Å²) in [5.41, 5.74) is -1.39. The number of sulfonamides is 1. The van der Waals surface area contributed by atoms with Crippen molar-refractivity contribution in [2.45, 2.75) is 18.0 Å². The second kappa shape index (κ2) is 5.40. The quantitative estimate of drug-likeness (QED) is 0.912. The van der Waals surface area contributed by atoms with Crippen molar-refractivity contribution in [3.8, 4) is 0 Å². The number of hydrogen-bond donors (Lipinski definition) is 1. The van der Waals surface area contributed by atoms with Crippen LogP contribution in [-0.4, -0.2) is 24.5 Å². The lowest BCUT2D eigenvalue weighted by Gasteiger charge is -2.09. The molecule has 0 saturated heterocycles. The Labute approximate surface area is 122 Å². The van der Waals surface area contributed by atoms with E-state index in [-0.39, 0.29) is 11.3 Å². The highest BCUT2D eigenvalue weighted by molar-refractivity contribution is 7.90. The lowest BCUT2D eigenvalue weighted by molar-refractivity contribution is -0.141. The van der Waals surface area contributed by atoms with Crippen LogP contribution in [0.3, 0.4) is 0 Å². The summed E-state index contributed by atoms with van der Waals surface area (Å²) < 4.78 is 67.6. The number of rotatable bonds is 3. The Morgan fingerprint density at radius 3 is 2.59 bits per heavy atom. The van der Waals surface area contributed by atoms with E-state index in [0.29, 0.717) is 12.3 Å². The lowest BCUT2D eigenvalue weighted by Crippen LogP contribution is -2.31. The summed E-state index contributed by atoms with van der Waals surface area (Å²) >= 11 is 0. The molecule has 0 radical (unpaired) electrons. The van der Waals surface area contributed by atoms with Crippen LogP contribution in [0.1, 0.15) is 21.7 Å². The zero-order valence-electron chi connectivity index (χ0n) is 10.9. The van der Waals surface area contributed by atoms with Crippen molar-refractivity contribution in [3.05, 3.63) is 41.5 Å². The van der Waals surface area contributed by atoms with Gasteiger partial charge in [0.1, 0.15) is 17.5 Å². The molecule has 0 unspecified atom stereocenters. The van der Waals surface area contributed by atoms with E-state index < -0.39 is 32.7 Å². The Kier molecular flexibility index (Phi) is 3.92. The minimum Gasteiger partial charge on any atom is -0.364 e. The highest BCUT2D eigenvalue weighted by atomic mass is 32.2. The van der Waals surface area contributed by atoms with Gasteiger partial charge < -0.3 is 4.52 Å². The molecule has 1 N–H and O–H groups in total. The molecule has 2 rings (SSSR count). The first kappa shape index (κ1) is 15.9. The summed E-state index contributed by atoms with van der Waals surface area (Å²) in [6.07, 6.45) is -3.19. The predicted octanol–water partition coefficient (Wildman–Crippen LogP) is 1.52. The van der Waals surface area contributed by atoms with Crippen LogP contribution in [0, 0.1) is 6.92 Å². The molecule has 0 aromatic carbocycles. The summed E-state index contributed by atoms with van der Waals surface area (Å²) in [6.45, 7) is 1.40. The smallest absolute Gasteiger partial charge is 0.364 e. The summed E-state index contributed by atoms with van der Waals surface area (Å²) in [6, 6.07) is 1.17.